The van der Waals surface area contributed by atoms with Crippen molar-refractivity contribution in [2.75, 3.05) is 23.7 Å². The molecular formula is C12H18ClN3. The van der Waals surface area contributed by atoms with Gasteiger partial charge in [-0.3, -0.25) is 0 Å². The molecule has 4 heteroatoms. The van der Waals surface area contributed by atoms with E-state index in [2.05, 4.69) is 23.7 Å². The standard InChI is InChI=1S/C12H18ClN3/c1-8(2)9-5-6-16(7-9)12-10(14)3-4-11(13)15-12/h3-4,8-9H,5-7,14H2,1-2H3. The summed E-state index contributed by atoms with van der Waals surface area (Å²) in [6.07, 6.45) is 1.21. The largest absolute Gasteiger partial charge is 0.396 e. The molecule has 1 aromatic heterocycles. The fourth-order valence-electron chi connectivity index (χ4n) is 2.21. The van der Waals surface area contributed by atoms with Crippen LogP contribution in [0.1, 0.15) is 20.3 Å². The minimum absolute atomic E-state index is 0.511. The van der Waals surface area contributed by atoms with E-state index < -0.39 is 0 Å². The summed E-state index contributed by atoms with van der Waals surface area (Å²) in [4.78, 5) is 6.56. The van der Waals surface area contributed by atoms with Crippen molar-refractivity contribution in [2.45, 2.75) is 20.3 Å². The van der Waals surface area contributed by atoms with E-state index in [9.17, 15) is 0 Å². The summed E-state index contributed by atoms with van der Waals surface area (Å²) in [5.41, 5.74) is 6.64. The molecular weight excluding hydrogens is 222 g/mol. The van der Waals surface area contributed by atoms with Crippen LogP contribution in [-0.2, 0) is 0 Å². The first-order valence-corrected chi connectivity index (χ1v) is 6.12. The molecule has 1 aliphatic heterocycles. The van der Waals surface area contributed by atoms with Gasteiger partial charge in [-0.05, 0) is 30.4 Å². The number of nitrogens with zero attached hydrogens (tertiary/aromatic N) is 2. The zero-order chi connectivity index (χ0) is 11.7. The SMILES string of the molecule is CC(C)C1CCN(c2nc(Cl)ccc2N)C1. The van der Waals surface area contributed by atoms with Gasteiger partial charge in [0, 0.05) is 13.1 Å². The smallest absolute Gasteiger partial charge is 0.153 e. The Morgan fingerprint density at radius 3 is 2.88 bits per heavy atom. The van der Waals surface area contributed by atoms with E-state index in [1.807, 2.05) is 6.07 Å². The first kappa shape index (κ1) is 11.5. The summed E-state index contributed by atoms with van der Waals surface area (Å²) in [6.45, 7) is 6.60. The van der Waals surface area contributed by atoms with Crippen molar-refractivity contribution in [3.63, 3.8) is 0 Å². The Morgan fingerprint density at radius 1 is 1.50 bits per heavy atom. The van der Waals surface area contributed by atoms with Crippen molar-refractivity contribution in [1.82, 2.24) is 4.98 Å². The molecule has 1 unspecified atom stereocenters. The van der Waals surface area contributed by atoms with Crippen LogP contribution in [0, 0.1) is 11.8 Å². The molecule has 88 valence electrons. The van der Waals surface area contributed by atoms with E-state index in [1.54, 1.807) is 6.07 Å². The Kier molecular flexibility index (Phi) is 3.24. The third-order valence-corrected chi connectivity index (χ3v) is 3.55. The van der Waals surface area contributed by atoms with Gasteiger partial charge in [-0.25, -0.2) is 4.98 Å². The normalized spacial score (nSPS) is 20.8. The van der Waals surface area contributed by atoms with E-state index in [0.29, 0.717) is 16.8 Å². The second-order valence-electron chi connectivity index (χ2n) is 4.79. The maximum atomic E-state index is 5.93. The molecule has 0 radical (unpaired) electrons. The maximum absolute atomic E-state index is 5.93. The molecule has 0 spiro atoms. The summed E-state index contributed by atoms with van der Waals surface area (Å²) in [6, 6.07) is 3.56. The van der Waals surface area contributed by atoms with Crippen LogP contribution in [0.4, 0.5) is 11.5 Å². The van der Waals surface area contributed by atoms with Crippen LogP contribution in [0.3, 0.4) is 0 Å². The van der Waals surface area contributed by atoms with Crippen molar-refractivity contribution in [1.29, 1.82) is 0 Å². The van der Waals surface area contributed by atoms with Crippen LogP contribution in [0.5, 0.6) is 0 Å². The Balaban J connectivity index is 2.17. The summed E-state index contributed by atoms with van der Waals surface area (Å²) in [5, 5.41) is 0.511. The Hall–Kier alpha value is -0.960. The van der Waals surface area contributed by atoms with Crippen LogP contribution < -0.4 is 10.6 Å². The van der Waals surface area contributed by atoms with Crippen LogP contribution >= 0.6 is 11.6 Å². The minimum Gasteiger partial charge on any atom is -0.396 e. The number of nitrogen functional groups attached to an aromatic ring is 1. The average molecular weight is 240 g/mol. The van der Waals surface area contributed by atoms with Gasteiger partial charge in [0.05, 0.1) is 5.69 Å². The van der Waals surface area contributed by atoms with Gasteiger partial charge in [-0.1, -0.05) is 25.4 Å². The third-order valence-electron chi connectivity index (χ3n) is 3.34. The molecule has 0 aliphatic carbocycles. The quantitative estimate of drug-likeness (QED) is 0.807. The summed E-state index contributed by atoms with van der Waals surface area (Å²) in [7, 11) is 0. The predicted molar refractivity (Wildman–Crippen MR) is 68.8 cm³/mol. The first-order chi connectivity index (χ1) is 7.58. The molecule has 0 aromatic carbocycles. The van der Waals surface area contributed by atoms with Gasteiger partial charge in [-0.2, -0.15) is 0 Å². The van der Waals surface area contributed by atoms with E-state index in [0.717, 1.165) is 24.8 Å². The molecule has 1 saturated heterocycles. The molecule has 16 heavy (non-hydrogen) atoms. The van der Waals surface area contributed by atoms with Crippen molar-refractivity contribution in [3.05, 3.63) is 17.3 Å². The lowest BCUT2D eigenvalue weighted by Gasteiger charge is -2.20. The molecule has 2 rings (SSSR count). The first-order valence-electron chi connectivity index (χ1n) is 5.75. The highest BCUT2D eigenvalue weighted by molar-refractivity contribution is 6.29. The highest BCUT2D eigenvalue weighted by Crippen LogP contribution is 2.30. The maximum Gasteiger partial charge on any atom is 0.153 e. The predicted octanol–water partition coefficient (Wildman–Crippen LogP) is 2.80. The van der Waals surface area contributed by atoms with Crippen LogP contribution in [0.15, 0.2) is 12.1 Å². The van der Waals surface area contributed by atoms with Crippen LogP contribution in [0.2, 0.25) is 5.15 Å². The zero-order valence-corrected chi connectivity index (χ0v) is 10.5. The molecule has 0 saturated carbocycles. The van der Waals surface area contributed by atoms with Crippen molar-refractivity contribution in [3.8, 4) is 0 Å². The van der Waals surface area contributed by atoms with Crippen molar-refractivity contribution >= 4 is 23.1 Å². The number of aromatic nitrogens is 1. The van der Waals surface area contributed by atoms with E-state index >= 15 is 0 Å². The van der Waals surface area contributed by atoms with Gasteiger partial charge < -0.3 is 10.6 Å². The molecule has 0 bridgehead atoms. The number of hydrogen-bond acceptors (Lipinski definition) is 3. The molecule has 1 aliphatic rings. The molecule has 1 fully saturated rings. The highest BCUT2D eigenvalue weighted by atomic mass is 35.5. The number of halogens is 1. The van der Waals surface area contributed by atoms with Crippen molar-refractivity contribution in [2.24, 2.45) is 11.8 Å². The van der Waals surface area contributed by atoms with Gasteiger partial charge in [0.2, 0.25) is 0 Å². The van der Waals surface area contributed by atoms with Gasteiger partial charge in [-0.15, -0.1) is 0 Å². The molecule has 1 aromatic rings. The van der Waals surface area contributed by atoms with Gasteiger partial charge >= 0.3 is 0 Å². The fourth-order valence-corrected chi connectivity index (χ4v) is 2.36. The molecule has 3 nitrogen and oxygen atoms in total. The molecule has 0 amide bonds. The fraction of sp³-hybridized carbons (Fsp3) is 0.583. The Labute approximate surface area is 102 Å². The van der Waals surface area contributed by atoms with Gasteiger partial charge in [0.15, 0.2) is 5.82 Å². The Morgan fingerprint density at radius 2 is 2.25 bits per heavy atom. The lowest BCUT2D eigenvalue weighted by Crippen LogP contribution is -2.23. The van der Waals surface area contributed by atoms with Gasteiger partial charge in [0.25, 0.3) is 0 Å². The number of pyridine rings is 1. The van der Waals surface area contributed by atoms with Gasteiger partial charge in [0.1, 0.15) is 5.15 Å². The second-order valence-corrected chi connectivity index (χ2v) is 5.17. The van der Waals surface area contributed by atoms with E-state index in [4.69, 9.17) is 17.3 Å². The minimum atomic E-state index is 0.511. The number of nitrogens with two attached hydrogens (primary N) is 1. The molecule has 2 N–H and O–H groups in total. The van der Waals surface area contributed by atoms with Crippen molar-refractivity contribution < 1.29 is 0 Å². The lowest BCUT2D eigenvalue weighted by molar-refractivity contribution is 0.422. The number of hydrogen-bond donors (Lipinski definition) is 1. The lowest BCUT2D eigenvalue weighted by atomic mass is 9.95. The second kappa shape index (κ2) is 4.50. The van der Waals surface area contributed by atoms with Crippen LogP contribution in [0.25, 0.3) is 0 Å². The Bertz CT molecular complexity index is 379. The zero-order valence-electron chi connectivity index (χ0n) is 9.78. The summed E-state index contributed by atoms with van der Waals surface area (Å²) in [5.74, 6) is 2.29. The summed E-state index contributed by atoms with van der Waals surface area (Å²) < 4.78 is 0. The highest BCUT2D eigenvalue weighted by Gasteiger charge is 2.26. The third kappa shape index (κ3) is 2.24. The number of anilines is 2. The molecule has 2 heterocycles. The van der Waals surface area contributed by atoms with E-state index in [-0.39, 0.29) is 0 Å². The van der Waals surface area contributed by atoms with Crippen LogP contribution in [-0.4, -0.2) is 18.1 Å². The average Bonchev–Trinajstić information content (AvgIpc) is 2.70. The molecule has 1 atom stereocenters. The topological polar surface area (TPSA) is 42.2 Å². The van der Waals surface area contributed by atoms with E-state index in [1.165, 1.54) is 6.42 Å². The number of rotatable bonds is 2. The monoisotopic (exact) mass is 239 g/mol. The summed E-state index contributed by atoms with van der Waals surface area (Å²) >= 11 is 5.90.